The van der Waals surface area contributed by atoms with Crippen LogP contribution in [-0.2, 0) is 4.79 Å². The first-order chi connectivity index (χ1) is 9.59. The van der Waals surface area contributed by atoms with Gasteiger partial charge in [0, 0.05) is 0 Å². The summed E-state index contributed by atoms with van der Waals surface area (Å²) >= 11 is 0. The molecule has 3 N–H and O–H groups in total. The number of carboxylic acid groups (broad SMARTS) is 1. The van der Waals surface area contributed by atoms with E-state index in [1.54, 1.807) is 0 Å². The first-order valence-corrected chi connectivity index (χ1v) is 8.18. The molecule has 0 aliphatic rings. The van der Waals surface area contributed by atoms with Crippen LogP contribution >= 0.6 is 0 Å². The normalized spacial score (nSPS) is 14.2. The highest BCUT2D eigenvalue weighted by atomic mass is 16.4. The van der Waals surface area contributed by atoms with E-state index < -0.39 is 18.2 Å². The van der Waals surface area contributed by atoms with Crippen LogP contribution in [0.5, 0.6) is 0 Å². The van der Waals surface area contributed by atoms with Crippen molar-refractivity contribution in [3.8, 4) is 0 Å². The zero-order valence-electron chi connectivity index (χ0n) is 12.9. The number of unbranched alkanes of at least 4 members (excludes halogenated alkanes) is 10. The molecule has 0 aromatic heterocycles. The van der Waals surface area contributed by atoms with Crippen molar-refractivity contribution >= 4 is 5.97 Å². The summed E-state index contributed by atoms with van der Waals surface area (Å²) in [6.07, 6.45) is 11.0. The number of carbonyl (C=O) groups is 1. The Morgan fingerprint density at radius 2 is 1.20 bits per heavy atom. The van der Waals surface area contributed by atoms with Crippen molar-refractivity contribution in [1.82, 2.24) is 0 Å². The maximum absolute atomic E-state index is 10.4. The molecule has 2 atom stereocenters. The van der Waals surface area contributed by atoms with Crippen molar-refractivity contribution in [2.24, 2.45) is 0 Å². The van der Waals surface area contributed by atoms with Crippen LogP contribution in [-0.4, -0.2) is 33.5 Å². The Kier molecular flexibility index (Phi) is 13.0. The summed E-state index contributed by atoms with van der Waals surface area (Å²) in [6, 6.07) is 0. The Labute approximate surface area is 123 Å². The summed E-state index contributed by atoms with van der Waals surface area (Å²) < 4.78 is 0. The van der Waals surface area contributed by atoms with E-state index >= 15 is 0 Å². The average Bonchev–Trinajstić information content (AvgIpc) is 2.43. The summed E-state index contributed by atoms with van der Waals surface area (Å²) in [5.41, 5.74) is 0. The molecule has 20 heavy (non-hydrogen) atoms. The summed E-state index contributed by atoms with van der Waals surface area (Å²) in [6.45, 7) is 2.23. The fraction of sp³-hybridized carbons (Fsp3) is 0.938. The third-order valence-corrected chi connectivity index (χ3v) is 3.72. The molecular weight excluding hydrogens is 256 g/mol. The molecule has 0 aliphatic carbocycles. The van der Waals surface area contributed by atoms with E-state index in [1.165, 1.54) is 51.4 Å². The predicted octanol–water partition coefficient (Wildman–Crippen LogP) is 3.49. The fourth-order valence-corrected chi connectivity index (χ4v) is 2.34. The molecule has 0 radical (unpaired) electrons. The minimum atomic E-state index is -1.64. The van der Waals surface area contributed by atoms with E-state index in [0.29, 0.717) is 6.42 Å². The lowest BCUT2D eigenvalue weighted by Crippen LogP contribution is -2.33. The third-order valence-electron chi connectivity index (χ3n) is 3.72. The molecule has 0 fully saturated rings. The van der Waals surface area contributed by atoms with Crippen LogP contribution in [0.1, 0.15) is 84.0 Å². The van der Waals surface area contributed by atoms with E-state index in [9.17, 15) is 9.90 Å². The molecule has 0 heterocycles. The molecule has 0 aromatic carbocycles. The molecule has 120 valence electrons. The number of rotatable bonds is 14. The molecule has 4 nitrogen and oxygen atoms in total. The van der Waals surface area contributed by atoms with Gasteiger partial charge in [0.15, 0.2) is 6.10 Å². The summed E-state index contributed by atoms with van der Waals surface area (Å²) in [5, 5.41) is 27.0. The number of aliphatic hydroxyl groups is 2. The topological polar surface area (TPSA) is 77.8 Å². The Bertz CT molecular complexity index is 231. The van der Waals surface area contributed by atoms with Crippen molar-refractivity contribution in [3.63, 3.8) is 0 Å². The highest BCUT2D eigenvalue weighted by molar-refractivity contribution is 5.72. The first-order valence-electron chi connectivity index (χ1n) is 8.18. The van der Waals surface area contributed by atoms with Gasteiger partial charge in [-0.15, -0.1) is 0 Å². The lowest BCUT2D eigenvalue weighted by Gasteiger charge is -2.13. The molecule has 1 unspecified atom stereocenters. The smallest absolute Gasteiger partial charge is 0.335 e. The van der Waals surface area contributed by atoms with Crippen LogP contribution in [0.15, 0.2) is 0 Å². The van der Waals surface area contributed by atoms with Crippen molar-refractivity contribution in [2.45, 2.75) is 96.2 Å². The lowest BCUT2D eigenvalue weighted by atomic mass is 10.0. The van der Waals surface area contributed by atoms with Crippen LogP contribution < -0.4 is 0 Å². The van der Waals surface area contributed by atoms with Gasteiger partial charge in [-0.25, -0.2) is 4.79 Å². The third kappa shape index (κ3) is 11.2. The Balaban J connectivity index is 3.22. The molecular formula is C16H32O4. The molecule has 0 bridgehead atoms. The zero-order chi connectivity index (χ0) is 15.2. The van der Waals surface area contributed by atoms with Crippen molar-refractivity contribution in [3.05, 3.63) is 0 Å². The second kappa shape index (κ2) is 13.4. The molecule has 0 aromatic rings. The fourth-order valence-electron chi connectivity index (χ4n) is 2.34. The van der Waals surface area contributed by atoms with Gasteiger partial charge in [-0.05, 0) is 6.42 Å². The highest BCUT2D eigenvalue weighted by Crippen LogP contribution is 2.13. The quantitative estimate of drug-likeness (QED) is 0.428. The van der Waals surface area contributed by atoms with Gasteiger partial charge < -0.3 is 15.3 Å². The van der Waals surface area contributed by atoms with Gasteiger partial charge in [0.2, 0.25) is 0 Å². The number of hydrogen-bond acceptors (Lipinski definition) is 3. The van der Waals surface area contributed by atoms with Crippen molar-refractivity contribution in [2.75, 3.05) is 0 Å². The number of carboxylic acids is 1. The number of aliphatic hydroxyl groups excluding tert-OH is 2. The number of aliphatic carboxylic acids is 1. The SMILES string of the molecule is CCCCCCCCCCCCCC(O)[C@@H](O)C(=O)O. The van der Waals surface area contributed by atoms with E-state index in [0.717, 1.165) is 19.3 Å². The zero-order valence-corrected chi connectivity index (χ0v) is 12.9. The standard InChI is InChI=1S/C16H32O4/c1-2-3-4-5-6-7-8-9-10-11-12-13-14(17)15(18)16(19)20/h14-15,17-18H,2-13H2,1H3,(H,19,20)/t14?,15-/m1/s1. The van der Waals surface area contributed by atoms with Crippen molar-refractivity contribution in [1.29, 1.82) is 0 Å². The van der Waals surface area contributed by atoms with Gasteiger partial charge in [-0.3, -0.25) is 0 Å². The Hall–Kier alpha value is -0.610. The van der Waals surface area contributed by atoms with Gasteiger partial charge in [0.05, 0.1) is 6.10 Å². The van der Waals surface area contributed by atoms with Gasteiger partial charge in [-0.2, -0.15) is 0 Å². The molecule has 0 spiro atoms. The van der Waals surface area contributed by atoms with E-state index in [2.05, 4.69) is 6.92 Å². The minimum Gasteiger partial charge on any atom is -0.479 e. The van der Waals surface area contributed by atoms with E-state index in [4.69, 9.17) is 10.2 Å². The van der Waals surface area contributed by atoms with Gasteiger partial charge >= 0.3 is 5.97 Å². The van der Waals surface area contributed by atoms with Crippen LogP contribution in [0.3, 0.4) is 0 Å². The van der Waals surface area contributed by atoms with Gasteiger partial charge in [-0.1, -0.05) is 77.6 Å². The summed E-state index contributed by atoms with van der Waals surface area (Å²) in [4.78, 5) is 10.4. The van der Waals surface area contributed by atoms with E-state index in [-0.39, 0.29) is 0 Å². The van der Waals surface area contributed by atoms with Gasteiger partial charge in [0.25, 0.3) is 0 Å². The maximum Gasteiger partial charge on any atom is 0.335 e. The van der Waals surface area contributed by atoms with Crippen molar-refractivity contribution < 1.29 is 20.1 Å². The first kappa shape index (κ1) is 19.4. The van der Waals surface area contributed by atoms with Crippen LogP contribution in [0.4, 0.5) is 0 Å². The lowest BCUT2D eigenvalue weighted by molar-refractivity contribution is -0.153. The van der Waals surface area contributed by atoms with Crippen LogP contribution in [0.25, 0.3) is 0 Å². The largest absolute Gasteiger partial charge is 0.479 e. The van der Waals surface area contributed by atoms with Gasteiger partial charge in [0.1, 0.15) is 0 Å². The molecule has 0 rings (SSSR count). The molecule has 0 aliphatic heterocycles. The molecule has 0 saturated heterocycles. The number of hydrogen-bond donors (Lipinski definition) is 3. The predicted molar refractivity (Wildman–Crippen MR) is 80.7 cm³/mol. The molecule has 0 saturated carbocycles. The van der Waals surface area contributed by atoms with Crippen LogP contribution in [0, 0.1) is 0 Å². The monoisotopic (exact) mass is 288 g/mol. The Morgan fingerprint density at radius 1 is 0.800 bits per heavy atom. The molecule has 0 amide bonds. The second-order valence-electron chi connectivity index (χ2n) is 5.67. The van der Waals surface area contributed by atoms with Crippen LogP contribution in [0.2, 0.25) is 0 Å². The second-order valence-corrected chi connectivity index (χ2v) is 5.67. The summed E-state index contributed by atoms with van der Waals surface area (Å²) in [7, 11) is 0. The Morgan fingerprint density at radius 3 is 1.60 bits per heavy atom. The minimum absolute atomic E-state index is 0.366. The maximum atomic E-state index is 10.4. The summed E-state index contributed by atoms with van der Waals surface area (Å²) in [5.74, 6) is -1.35. The molecule has 4 heteroatoms. The van der Waals surface area contributed by atoms with E-state index in [1.807, 2.05) is 0 Å². The highest BCUT2D eigenvalue weighted by Gasteiger charge is 2.22. The average molecular weight is 288 g/mol.